The molecular formula is C15H13NS2. The number of nitrogens with zero attached hydrogens (tertiary/aromatic N) is 1. The minimum absolute atomic E-state index is 1.01. The van der Waals surface area contributed by atoms with Crippen molar-refractivity contribution in [2.45, 2.75) is 17.6 Å². The first-order valence-corrected chi connectivity index (χ1v) is 7.65. The molecular weight excluding hydrogens is 258 g/mol. The number of rotatable bonds is 3. The SMILES string of the molecule is Cc1nc2cc(SCc3ccccc3)ccc2s1. The molecule has 1 aromatic heterocycles. The van der Waals surface area contributed by atoms with Gasteiger partial charge in [-0.2, -0.15) is 0 Å². The Morgan fingerprint density at radius 3 is 2.78 bits per heavy atom. The van der Waals surface area contributed by atoms with Gasteiger partial charge in [-0.15, -0.1) is 23.1 Å². The van der Waals surface area contributed by atoms with E-state index in [4.69, 9.17) is 0 Å². The van der Waals surface area contributed by atoms with Crippen LogP contribution in [0.5, 0.6) is 0 Å². The smallest absolute Gasteiger partial charge is 0.0907 e. The molecule has 90 valence electrons. The second-order valence-corrected chi connectivity index (χ2v) is 6.42. The standard InChI is InChI=1S/C15H13NS2/c1-11-16-14-9-13(7-8-15(14)18-11)17-10-12-5-3-2-4-6-12/h2-9H,10H2,1H3. The quantitative estimate of drug-likeness (QED) is 0.629. The van der Waals surface area contributed by atoms with Crippen LogP contribution in [0.1, 0.15) is 10.6 Å². The number of aromatic nitrogens is 1. The summed E-state index contributed by atoms with van der Waals surface area (Å²) in [6, 6.07) is 17.1. The highest BCUT2D eigenvalue weighted by Crippen LogP contribution is 2.28. The third-order valence-corrected chi connectivity index (χ3v) is 4.73. The molecule has 2 aromatic carbocycles. The normalized spacial score (nSPS) is 10.9. The van der Waals surface area contributed by atoms with E-state index in [-0.39, 0.29) is 0 Å². The zero-order chi connectivity index (χ0) is 12.4. The van der Waals surface area contributed by atoms with E-state index in [1.807, 2.05) is 11.8 Å². The van der Waals surface area contributed by atoms with E-state index < -0.39 is 0 Å². The fourth-order valence-corrected chi connectivity index (χ4v) is 3.55. The summed E-state index contributed by atoms with van der Waals surface area (Å²) in [5.41, 5.74) is 2.48. The van der Waals surface area contributed by atoms with E-state index in [2.05, 4.69) is 60.4 Å². The molecule has 3 rings (SSSR count). The highest BCUT2D eigenvalue weighted by Gasteiger charge is 2.02. The van der Waals surface area contributed by atoms with Crippen LogP contribution in [0.3, 0.4) is 0 Å². The fraction of sp³-hybridized carbons (Fsp3) is 0.133. The number of thioether (sulfide) groups is 1. The largest absolute Gasteiger partial charge is 0.241 e. The van der Waals surface area contributed by atoms with Crippen LogP contribution in [0.4, 0.5) is 0 Å². The van der Waals surface area contributed by atoms with E-state index in [1.54, 1.807) is 11.3 Å². The average Bonchev–Trinajstić information content (AvgIpc) is 2.77. The maximum absolute atomic E-state index is 4.53. The molecule has 0 radical (unpaired) electrons. The molecule has 0 aliphatic carbocycles. The van der Waals surface area contributed by atoms with Crippen LogP contribution in [0, 0.1) is 6.92 Å². The Kier molecular flexibility index (Phi) is 3.35. The topological polar surface area (TPSA) is 12.9 Å². The summed E-state index contributed by atoms with van der Waals surface area (Å²) in [6.45, 7) is 2.06. The van der Waals surface area contributed by atoms with Gasteiger partial charge in [0.15, 0.2) is 0 Å². The van der Waals surface area contributed by atoms with Gasteiger partial charge in [0.1, 0.15) is 0 Å². The van der Waals surface area contributed by atoms with E-state index in [9.17, 15) is 0 Å². The zero-order valence-corrected chi connectivity index (χ0v) is 11.7. The first-order valence-electron chi connectivity index (χ1n) is 5.85. The summed E-state index contributed by atoms with van der Waals surface area (Å²) in [5, 5.41) is 1.13. The summed E-state index contributed by atoms with van der Waals surface area (Å²) < 4.78 is 1.27. The Bertz CT molecular complexity index is 659. The molecule has 0 amide bonds. The Labute approximate surface area is 115 Å². The van der Waals surface area contributed by atoms with Gasteiger partial charge in [0, 0.05) is 10.6 Å². The number of hydrogen-bond donors (Lipinski definition) is 0. The van der Waals surface area contributed by atoms with E-state index >= 15 is 0 Å². The minimum Gasteiger partial charge on any atom is -0.241 e. The van der Waals surface area contributed by atoms with Crippen molar-refractivity contribution in [3.8, 4) is 0 Å². The van der Waals surface area contributed by atoms with Crippen molar-refractivity contribution >= 4 is 33.3 Å². The lowest BCUT2D eigenvalue weighted by atomic mass is 10.2. The van der Waals surface area contributed by atoms with Crippen LogP contribution in [-0.2, 0) is 5.75 Å². The van der Waals surface area contributed by atoms with Gasteiger partial charge >= 0.3 is 0 Å². The number of fused-ring (bicyclic) bond motifs is 1. The number of aryl methyl sites for hydroxylation is 1. The van der Waals surface area contributed by atoms with Gasteiger partial charge in [-0.05, 0) is 30.7 Å². The summed E-state index contributed by atoms with van der Waals surface area (Å²) >= 11 is 3.62. The molecule has 0 aliphatic heterocycles. The van der Waals surface area contributed by atoms with Crippen molar-refractivity contribution in [3.63, 3.8) is 0 Å². The van der Waals surface area contributed by atoms with Crippen molar-refractivity contribution in [1.82, 2.24) is 4.98 Å². The molecule has 0 atom stereocenters. The molecule has 1 nitrogen and oxygen atoms in total. The lowest BCUT2D eigenvalue weighted by molar-refractivity contribution is 1.33. The molecule has 1 heterocycles. The van der Waals surface area contributed by atoms with Crippen molar-refractivity contribution < 1.29 is 0 Å². The lowest BCUT2D eigenvalue weighted by Gasteiger charge is -2.01. The molecule has 3 aromatic rings. The Morgan fingerprint density at radius 1 is 1.11 bits per heavy atom. The number of thiazole rings is 1. The van der Waals surface area contributed by atoms with Gasteiger partial charge in [-0.1, -0.05) is 30.3 Å². The van der Waals surface area contributed by atoms with Gasteiger partial charge in [0.2, 0.25) is 0 Å². The third-order valence-electron chi connectivity index (χ3n) is 2.71. The van der Waals surface area contributed by atoms with Crippen molar-refractivity contribution in [2.24, 2.45) is 0 Å². The lowest BCUT2D eigenvalue weighted by Crippen LogP contribution is -1.79. The van der Waals surface area contributed by atoms with E-state index in [0.29, 0.717) is 0 Å². The van der Waals surface area contributed by atoms with Crippen molar-refractivity contribution in [2.75, 3.05) is 0 Å². The third kappa shape index (κ3) is 2.57. The number of hydrogen-bond acceptors (Lipinski definition) is 3. The molecule has 0 unspecified atom stereocenters. The van der Waals surface area contributed by atoms with E-state index in [0.717, 1.165) is 16.3 Å². The van der Waals surface area contributed by atoms with Crippen LogP contribution < -0.4 is 0 Å². The van der Waals surface area contributed by atoms with Gasteiger partial charge in [0.05, 0.1) is 15.2 Å². The van der Waals surface area contributed by atoms with Crippen molar-refractivity contribution in [3.05, 3.63) is 59.1 Å². The molecule has 3 heteroatoms. The summed E-state index contributed by atoms with van der Waals surface area (Å²) in [5.74, 6) is 1.01. The molecule has 0 saturated heterocycles. The second-order valence-electron chi connectivity index (χ2n) is 4.14. The predicted octanol–water partition coefficient (Wildman–Crippen LogP) is 4.90. The molecule has 0 bridgehead atoms. The Morgan fingerprint density at radius 2 is 1.94 bits per heavy atom. The summed E-state index contributed by atoms with van der Waals surface area (Å²) in [6.07, 6.45) is 0. The van der Waals surface area contributed by atoms with Crippen LogP contribution >= 0.6 is 23.1 Å². The zero-order valence-electron chi connectivity index (χ0n) is 10.1. The molecule has 0 spiro atoms. The first-order chi connectivity index (χ1) is 8.81. The monoisotopic (exact) mass is 271 g/mol. The maximum Gasteiger partial charge on any atom is 0.0907 e. The van der Waals surface area contributed by atoms with Crippen LogP contribution in [0.25, 0.3) is 10.2 Å². The maximum atomic E-state index is 4.53. The van der Waals surface area contributed by atoms with Gasteiger partial charge in [-0.3, -0.25) is 0 Å². The van der Waals surface area contributed by atoms with Crippen LogP contribution in [0.15, 0.2) is 53.4 Å². The first kappa shape index (κ1) is 11.8. The fourth-order valence-electron chi connectivity index (χ4n) is 1.85. The molecule has 0 N–H and O–H groups in total. The molecule has 0 saturated carbocycles. The van der Waals surface area contributed by atoms with Crippen molar-refractivity contribution in [1.29, 1.82) is 0 Å². The highest BCUT2D eigenvalue weighted by atomic mass is 32.2. The minimum atomic E-state index is 1.01. The van der Waals surface area contributed by atoms with Gasteiger partial charge in [-0.25, -0.2) is 4.98 Å². The van der Waals surface area contributed by atoms with Crippen LogP contribution in [0.2, 0.25) is 0 Å². The summed E-state index contributed by atoms with van der Waals surface area (Å²) in [4.78, 5) is 5.82. The van der Waals surface area contributed by atoms with Gasteiger partial charge in [0.25, 0.3) is 0 Å². The molecule has 0 aliphatic rings. The molecule has 0 fully saturated rings. The van der Waals surface area contributed by atoms with Crippen LogP contribution in [-0.4, -0.2) is 4.98 Å². The Hall–Kier alpha value is -1.32. The second kappa shape index (κ2) is 5.12. The van der Waals surface area contributed by atoms with Gasteiger partial charge < -0.3 is 0 Å². The summed E-state index contributed by atoms with van der Waals surface area (Å²) in [7, 11) is 0. The number of benzene rings is 2. The van der Waals surface area contributed by atoms with E-state index in [1.165, 1.54) is 15.2 Å². The Balaban J connectivity index is 1.78. The predicted molar refractivity (Wildman–Crippen MR) is 80.4 cm³/mol. The molecule has 18 heavy (non-hydrogen) atoms. The average molecular weight is 271 g/mol. The highest BCUT2D eigenvalue weighted by molar-refractivity contribution is 7.98.